The van der Waals surface area contributed by atoms with Gasteiger partial charge >= 0.3 is 0 Å². The topological polar surface area (TPSA) is 85.1 Å². The molecule has 7 heteroatoms. The van der Waals surface area contributed by atoms with E-state index in [4.69, 9.17) is 17.3 Å². The van der Waals surface area contributed by atoms with Crippen LogP contribution in [0.5, 0.6) is 0 Å². The van der Waals surface area contributed by atoms with Gasteiger partial charge in [0, 0.05) is 5.02 Å². The lowest BCUT2D eigenvalue weighted by Crippen LogP contribution is -2.14. The van der Waals surface area contributed by atoms with E-state index in [2.05, 4.69) is 21.5 Å². The summed E-state index contributed by atoms with van der Waals surface area (Å²) in [5.41, 5.74) is 5.72. The van der Waals surface area contributed by atoms with E-state index < -0.39 is 10.0 Å². The zero-order chi connectivity index (χ0) is 15.3. The Labute approximate surface area is 128 Å². The highest BCUT2D eigenvalue weighted by Crippen LogP contribution is 2.17. The molecule has 21 heavy (non-hydrogen) atoms. The van der Waals surface area contributed by atoms with Crippen LogP contribution < -0.4 is 10.5 Å². The Morgan fingerprint density at radius 3 is 2.57 bits per heavy atom. The molecule has 0 unspecified atom stereocenters. The van der Waals surface area contributed by atoms with Crippen molar-refractivity contribution in [3.8, 4) is 11.8 Å². The highest BCUT2D eigenvalue weighted by Gasteiger charge is 2.14. The van der Waals surface area contributed by atoms with Crippen molar-refractivity contribution >= 4 is 27.4 Å². The molecule has 1 aromatic carbocycles. The summed E-state index contributed by atoms with van der Waals surface area (Å²) < 4.78 is 26.8. The van der Waals surface area contributed by atoms with Crippen LogP contribution >= 0.6 is 11.6 Å². The Morgan fingerprint density at radius 2 is 1.90 bits per heavy atom. The van der Waals surface area contributed by atoms with Gasteiger partial charge in [-0.3, -0.25) is 4.72 Å². The number of nitrogens with two attached hydrogens (primary N) is 1. The van der Waals surface area contributed by atoms with Gasteiger partial charge in [0.25, 0.3) is 10.0 Å². The molecule has 0 saturated heterocycles. The Morgan fingerprint density at radius 1 is 1.19 bits per heavy atom. The Kier molecular flexibility index (Phi) is 4.81. The van der Waals surface area contributed by atoms with Crippen molar-refractivity contribution in [3.05, 3.63) is 53.2 Å². The van der Waals surface area contributed by atoms with Gasteiger partial charge in [0.15, 0.2) is 0 Å². The highest BCUT2D eigenvalue weighted by atomic mass is 35.5. The largest absolute Gasteiger partial charge is 0.320 e. The molecule has 0 atom stereocenters. The predicted molar refractivity (Wildman–Crippen MR) is 82.4 cm³/mol. The molecule has 3 N–H and O–H groups in total. The smallest absolute Gasteiger partial charge is 0.263 e. The summed E-state index contributed by atoms with van der Waals surface area (Å²) in [5.74, 6) is 5.58. The van der Waals surface area contributed by atoms with Gasteiger partial charge in [-0.15, -0.1) is 0 Å². The van der Waals surface area contributed by atoms with Crippen molar-refractivity contribution < 1.29 is 8.42 Å². The van der Waals surface area contributed by atoms with Gasteiger partial charge in [0.2, 0.25) is 0 Å². The molecule has 1 heterocycles. The molecule has 0 amide bonds. The molecule has 0 spiro atoms. The van der Waals surface area contributed by atoms with Crippen LogP contribution in [0.1, 0.15) is 5.69 Å². The zero-order valence-corrected chi connectivity index (χ0v) is 12.4. The average molecular weight is 322 g/mol. The lowest BCUT2D eigenvalue weighted by Gasteiger charge is -2.07. The monoisotopic (exact) mass is 321 g/mol. The van der Waals surface area contributed by atoms with E-state index >= 15 is 0 Å². The molecule has 0 fully saturated rings. The molecule has 2 rings (SSSR count). The summed E-state index contributed by atoms with van der Waals surface area (Å²) in [6.07, 6.45) is 0. The van der Waals surface area contributed by atoms with Crippen LogP contribution in [0.3, 0.4) is 0 Å². The van der Waals surface area contributed by atoms with Crippen molar-refractivity contribution in [2.24, 2.45) is 5.73 Å². The third-order valence-corrected chi connectivity index (χ3v) is 4.05. The number of nitrogens with zero attached hydrogens (tertiary/aromatic N) is 1. The standard InChI is InChI=1S/C14H12ClN3O2S/c15-11-6-8-13(9-7-11)21(19,20)18-14-5-1-3-12(17-14)4-2-10-16/h1,3,5-9H,10,16H2,(H,17,18). The first-order chi connectivity index (χ1) is 10.0. The quantitative estimate of drug-likeness (QED) is 0.845. The van der Waals surface area contributed by atoms with Crippen molar-refractivity contribution in [1.82, 2.24) is 4.98 Å². The molecule has 2 aromatic rings. The van der Waals surface area contributed by atoms with Crippen LogP contribution in [0.4, 0.5) is 5.82 Å². The minimum Gasteiger partial charge on any atom is -0.320 e. The Hall–Kier alpha value is -2.07. The number of anilines is 1. The molecule has 5 nitrogen and oxygen atoms in total. The molecule has 0 aliphatic carbocycles. The zero-order valence-electron chi connectivity index (χ0n) is 10.9. The summed E-state index contributed by atoms with van der Waals surface area (Å²) >= 11 is 5.74. The molecule has 0 saturated carbocycles. The normalized spacial score (nSPS) is 10.6. The fourth-order valence-corrected chi connectivity index (χ4v) is 2.64. The van der Waals surface area contributed by atoms with E-state index in [9.17, 15) is 8.42 Å². The van der Waals surface area contributed by atoms with Crippen molar-refractivity contribution in [2.75, 3.05) is 11.3 Å². The summed E-state index contributed by atoms with van der Waals surface area (Å²) in [6.45, 7) is 0.211. The second kappa shape index (κ2) is 6.59. The van der Waals surface area contributed by atoms with E-state index in [1.807, 2.05) is 0 Å². The molecular weight excluding hydrogens is 310 g/mol. The molecule has 108 valence electrons. The van der Waals surface area contributed by atoms with Crippen LogP contribution in [-0.4, -0.2) is 19.9 Å². The number of halogens is 1. The molecule has 0 bridgehead atoms. The van der Waals surface area contributed by atoms with E-state index in [0.29, 0.717) is 10.7 Å². The van der Waals surface area contributed by atoms with E-state index in [-0.39, 0.29) is 17.3 Å². The first-order valence-corrected chi connectivity index (χ1v) is 7.82. The SMILES string of the molecule is NCC#Cc1cccc(NS(=O)(=O)c2ccc(Cl)cc2)n1. The number of rotatable bonds is 3. The summed E-state index contributed by atoms with van der Waals surface area (Å²) in [6, 6.07) is 10.7. The molecule has 1 aromatic heterocycles. The molecule has 0 aliphatic rings. The van der Waals surface area contributed by atoms with Gasteiger partial charge in [-0.1, -0.05) is 23.6 Å². The maximum atomic E-state index is 12.2. The highest BCUT2D eigenvalue weighted by molar-refractivity contribution is 7.92. The number of pyridine rings is 1. The summed E-state index contributed by atoms with van der Waals surface area (Å²) in [7, 11) is -3.71. The van der Waals surface area contributed by atoms with Gasteiger partial charge in [0.1, 0.15) is 11.5 Å². The number of benzene rings is 1. The molecule has 0 radical (unpaired) electrons. The van der Waals surface area contributed by atoms with Crippen molar-refractivity contribution in [1.29, 1.82) is 0 Å². The van der Waals surface area contributed by atoms with E-state index in [1.54, 1.807) is 18.2 Å². The number of hydrogen-bond donors (Lipinski definition) is 2. The van der Waals surface area contributed by atoms with Crippen LogP contribution in [0.2, 0.25) is 5.02 Å². The lowest BCUT2D eigenvalue weighted by molar-refractivity contribution is 0.601. The number of sulfonamides is 1. The first kappa shape index (κ1) is 15.3. The number of nitrogens with one attached hydrogen (secondary N) is 1. The number of aromatic nitrogens is 1. The minimum absolute atomic E-state index is 0.104. The maximum Gasteiger partial charge on any atom is 0.263 e. The van der Waals surface area contributed by atoms with Crippen LogP contribution in [-0.2, 0) is 10.0 Å². The van der Waals surface area contributed by atoms with E-state index in [0.717, 1.165) is 0 Å². The summed E-state index contributed by atoms with van der Waals surface area (Å²) in [4.78, 5) is 4.20. The Balaban J connectivity index is 2.26. The van der Waals surface area contributed by atoms with Crippen LogP contribution in [0.25, 0.3) is 0 Å². The molecule has 0 aliphatic heterocycles. The third kappa shape index (κ3) is 4.20. The van der Waals surface area contributed by atoms with Crippen molar-refractivity contribution in [3.63, 3.8) is 0 Å². The first-order valence-electron chi connectivity index (χ1n) is 5.95. The van der Waals surface area contributed by atoms with Crippen LogP contribution in [0, 0.1) is 11.8 Å². The lowest BCUT2D eigenvalue weighted by atomic mass is 10.3. The van der Waals surface area contributed by atoms with Gasteiger partial charge in [-0.2, -0.15) is 0 Å². The van der Waals surface area contributed by atoms with Gasteiger partial charge in [-0.05, 0) is 42.3 Å². The Bertz CT molecular complexity index is 793. The van der Waals surface area contributed by atoms with E-state index in [1.165, 1.54) is 24.3 Å². The fraction of sp³-hybridized carbons (Fsp3) is 0.0714. The molecular formula is C14H12ClN3O2S. The van der Waals surface area contributed by atoms with Gasteiger partial charge < -0.3 is 5.73 Å². The number of hydrogen-bond acceptors (Lipinski definition) is 4. The second-order valence-electron chi connectivity index (χ2n) is 3.97. The summed E-state index contributed by atoms with van der Waals surface area (Å²) in [5, 5.41) is 0.464. The predicted octanol–water partition coefficient (Wildman–Crippen LogP) is 1.85. The second-order valence-corrected chi connectivity index (χ2v) is 6.09. The van der Waals surface area contributed by atoms with Crippen LogP contribution in [0.15, 0.2) is 47.4 Å². The third-order valence-electron chi connectivity index (χ3n) is 2.43. The minimum atomic E-state index is -3.71. The van der Waals surface area contributed by atoms with Gasteiger partial charge in [0.05, 0.1) is 11.4 Å². The maximum absolute atomic E-state index is 12.2. The fourth-order valence-electron chi connectivity index (χ4n) is 1.51. The van der Waals surface area contributed by atoms with Crippen molar-refractivity contribution in [2.45, 2.75) is 4.90 Å². The average Bonchev–Trinajstić information content (AvgIpc) is 2.45. The van der Waals surface area contributed by atoms with Gasteiger partial charge in [-0.25, -0.2) is 13.4 Å².